The molecule has 2 aromatic heterocycles. The van der Waals surface area contributed by atoms with Gasteiger partial charge in [0.2, 0.25) is 5.13 Å². The number of amides is 1. The van der Waals surface area contributed by atoms with Crippen molar-refractivity contribution in [3.05, 3.63) is 76.8 Å². The Morgan fingerprint density at radius 3 is 2.48 bits per heavy atom. The number of carbonyl (C=O) groups is 1. The van der Waals surface area contributed by atoms with Gasteiger partial charge in [-0.25, -0.2) is 4.98 Å². The van der Waals surface area contributed by atoms with Crippen molar-refractivity contribution < 1.29 is 9.53 Å². The normalized spacial score (nSPS) is 10.7. The van der Waals surface area contributed by atoms with Crippen LogP contribution in [0.1, 0.15) is 21.6 Å². The Morgan fingerprint density at radius 1 is 1.07 bits per heavy atom. The van der Waals surface area contributed by atoms with Crippen molar-refractivity contribution >= 4 is 23.1 Å². The van der Waals surface area contributed by atoms with Crippen molar-refractivity contribution in [2.24, 2.45) is 0 Å². The third kappa shape index (κ3) is 4.05. The van der Waals surface area contributed by atoms with E-state index < -0.39 is 0 Å². The summed E-state index contributed by atoms with van der Waals surface area (Å²) in [5.74, 6) is 1.06. The van der Waals surface area contributed by atoms with E-state index in [9.17, 15) is 4.79 Å². The number of anilines is 1. The Labute approximate surface area is 172 Å². The van der Waals surface area contributed by atoms with Crippen LogP contribution in [0.15, 0.2) is 60.0 Å². The zero-order valence-electron chi connectivity index (χ0n) is 16.3. The molecule has 1 amide bonds. The number of nitrogens with one attached hydrogen (secondary N) is 1. The molecule has 4 rings (SSSR count). The molecule has 2 heterocycles. The van der Waals surface area contributed by atoms with Gasteiger partial charge in [-0.15, -0.1) is 11.3 Å². The van der Waals surface area contributed by atoms with Crippen LogP contribution in [0.5, 0.6) is 5.75 Å². The third-order valence-corrected chi connectivity index (χ3v) is 5.26. The zero-order chi connectivity index (χ0) is 20.4. The van der Waals surface area contributed by atoms with Gasteiger partial charge in [-0.3, -0.25) is 4.79 Å². The lowest BCUT2D eigenvalue weighted by Crippen LogP contribution is -2.15. The number of aromatic nitrogens is 3. The van der Waals surface area contributed by atoms with Crippen LogP contribution in [0.25, 0.3) is 16.4 Å². The van der Waals surface area contributed by atoms with E-state index in [1.54, 1.807) is 36.1 Å². The van der Waals surface area contributed by atoms with E-state index in [-0.39, 0.29) is 5.91 Å². The fourth-order valence-corrected chi connectivity index (χ4v) is 3.68. The number of benzene rings is 2. The highest BCUT2D eigenvalue weighted by Crippen LogP contribution is 2.27. The van der Waals surface area contributed by atoms with Crippen molar-refractivity contribution in [2.75, 3.05) is 12.4 Å². The summed E-state index contributed by atoms with van der Waals surface area (Å²) in [6.07, 6.45) is 0. The minimum Gasteiger partial charge on any atom is -0.497 e. The van der Waals surface area contributed by atoms with Crippen molar-refractivity contribution in [3.63, 3.8) is 0 Å². The minimum atomic E-state index is -0.218. The molecule has 0 radical (unpaired) electrons. The van der Waals surface area contributed by atoms with E-state index in [0.29, 0.717) is 22.3 Å². The number of thiazole rings is 1. The van der Waals surface area contributed by atoms with Crippen molar-refractivity contribution in [2.45, 2.75) is 13.8 Å². The summed E-state index contributed by atoms with van der Waals surface area (Å²) in [5.41, 5.74) is 4.46. The summed E-state index contributed by atoms with van der Waals surface area (Å²) in [4.78, 5) is 17.4. The lowest BCUT2D eigenvalue weighted by Gasteiger charge is -2.07. The third-order valence-electron chi connectivity index (χ3n) is 4.45. The van der Waals surface area contributed by atoms with Gasteiger partial charge in [0.15, 0.2) is 0 Å². The van der Waals surface area contributed by atoms with Crippen LogP contribution in [-0.2, 0) is 0 Å². The standard InChI is InChI=1S/C22H20N4O2S/c1-14-4-6-16(7-5-14)19-13-29-22(23-19)26-20(12-15(2)25-26)24-21(27)17-8-10-18(28-3)11-9-17/h4-13H,1-3H3,(H,24,27). The molecule has 29 heavy (non-hydrogen) atoms. The molecule has 0 unspecified atom stereocenters. The number of nitrogens with zero attached hydrogens (tertiary/aromatic N) is 3. The quantitative estimate of drug-likeness (QED) is 0.515. The number of methoxy groups -OCH3 is 1. The van der Waals surface area contributed by atoms with E-state index in [0.717, 1.165) is 17.0 Å². The maximum atomic E-state index is 12.7. The number of ether oxygens (including phenoxy) is 1. The molecule has 7 heteroatoms. The van der Waals surface area contributed by atoms with Crippen molar-refractivity contribution in [1.82, 2.24) is 14.8 Å². The highest BCUT2D eigenvalue weighted by Gasteiger charge is 2.15. The Bertz CT molecular complexity index is 1140. The first-order valence-electron chi connectivity index (χ1n) is 9.08. The Morgan fingerprint density at radius 2 is 1.79 bits per heavy atom. The number of carbonyl (C=O) groups excluding carboxylic acids is 1. The Hall–Kier alpha value is -3.45. The molecule has 0 saturated carbocycles. The van der Waals surface area contributed by atoms with Gasteiger partial charge in [-0.1, -0.05) is 29.8 Å². The van der Waals surface area contributed by atoms with Gasteiger partial charge in [0.05, 0.1) is 18.5 Å². The molecule has 0 aliphatic rings. The Balaban J connectivity index is 1.60. The minimum absolute atomic E-state index is 0.218. The molecule has 1 N–H and O–H groups in total. The van der Waals surface area contributed by atoms with Gasteiger partial charge in [0, 0.05) is 22.6 Å². The van der Waals surface area contributed by atoms with Gasteiger partial charge in [0.25, 0.3) is 5.91 Å². The molecule has 0 fully saturated rings. The summed E-state index contributed by atoms with van der Waals surface area (Å²) in [7, 11) is 1.59. The molecule has 146 valence electrons. The second-order valence-electron chi connectivity index (χ2n) is 6.65. The average Bonchev–Trinajstić information content (AvgIpc) is 3.35. The first-order chi connectivity index (χ1) is 14.0. The number of hydrogen-bond acceptors (Lipinski definition) is 5. The van der Waals surface area contributed by atoms with E-state index in [1.807, 2.05) is 18.4 Å². The predicted molar refractivity (Wildman–Crippen MR) is 115 cm³/mol. The number of aryl methyl sites for hydroxylation is 2. The molecule has 0 saturated heterocycles. The SMILES string of the molecule is COc1ccc(C(=O)Nc2cc(C)nn2-c2nc(-c3ccc(C)cc3)cs2)cc1. The highest BCUT2D eigenvalue weighted by molar-refractivity contribution is 7.12. The summed E-state index contributed by atoms with van der Waals surface area (Å²) in [6.45, 7) is 3.94. The first-order valence-corrected chi connectivity index (χ1v) is 9.96. The van der Waals surface area contributed by atoms with Crippen molar-refractivity contribution in [1.29, 1.82) is 0 Å². The fourth-order valence-electron chi connectivity index (χ4n) is 2.88. The Kier molecular flexibility index (Phi) is 5.14. The molecule has 2 aromatic carbocycles. The van der Waals surface area contributed by atoms with E-state index in [1.165, 1.54) is 16.9 Å². The van der Waals surface area contributed by atoms with Gasteiger partial charge < -0.3 is 10.1 Å². The zero-order valence-corrected chi connectivity index (χ0v) is 17.2. The lowest BCUT2D eigenvalue weighted by molar-refractivity contribution is 0.102. The van der Waals surface area contributed by atoms with E-state index >= 15 is 0 Å². The summed E-state index contributed by atoms with van der Waals surface area (Å²) < 4.78 is 6.81. The topological polar surface area (TPSA) is 69.0 Å². The van der Waals surface area contributed by atoms with Gasteiger partial charge in [-0.2, -0.15) is 9.78 Å². The molecule has 0 spiro atoms. The molecule has 0 aliphatic heterocycles. The maximum Gasteiger partial charge on any atom is 0.256 e. The molecular weight excluding hydrogens is 384 g/mol. The second-order valence-corrected chi connectivity index (χ2v) is 7.48. The molecule has 0 aliphatic carbocycles. The largest absolute Gasteiger partial charge is 0.497 e. The number of hydrogen-bond donors (Lipinski definition) is 1. The summed E-state index contributed by atoms with van der Waals surface area (Å²) >= 11 is 1.48. The van der Waals surface area contributed by atoms with E-state index in [2.05, 4.69) is 41.6 Å². The molecule has 6 nitrogen and oxygen atoms in total. The van der Waals surface area contributed by atoms with Crippen LogP contribution >= 0.6 is 11.3 Å². The van der Waals surface area contributed by atoms with Gasteiger partial charge in [-0.05, 0) is 38.1 Å². The average molecular weight is 404 g/mol. The molecule has 0 atom stereocenters. The summed E-state index contributed by atoms with van der Waals surface area (Å²) in [6, 6.07) is 17.0. The number of rotatable bonds is 5. The smallest absolute Gasteiger partial charge is 0.256 e. The highest BCUT2D eigenvalue weighted by atomic mass is 32.1. The van der Waals surface area contributed by atoms with Crippen LogP contribution in [0.3, 0.4) is 0 Å². The lowest BCUT2D eigenvalue weighted by atomic mass is 10.1. The first kappa shape index (κ1) is 18.9. The van der Waals surface area contributed by atoms with Crippen LogP contribution in [0.4, 0.5) is 5.82 Å². The predicted octanol–water partition coefficient (Wildman–Crippen LogP) is 4.87. The van der Waals surface area contributed by atoms with Crippen LogP contribution in [0, 0.1) is 13.8 Å². The molecular formula is C22H20N4O2S. The van der Waals surface area contributed by atoms with Crippen LogP contribution in [-0.4, -0.2) is 27.8 Å². The fraction of sp³-hybridized carbons (Fsp3) is 0.136. The molecule has 0 bridgehead atoms. The van der Waals surface area contributed by atoms with Crippen molar-refractivity contribution in [3.8, 4) is 22.1 Å². The van der Waals surface area contributed by atoms with Gasteiger partial charge >= 0.3 is 0 Å². The second kappa shape index (κ2) is 7.89. The monoisotopic (exact) mass is 404 g/mol. The summed E-state index contributed by atoms with van der Waals surface area (Å²) in [5, 5.41) is 10.1. The van der Waals surface area contributed by atoms with Gasteiger partial charge in [0.1, 0.15) is 11.6 Å². The van der Waals surface area contributed by atoms with Crippen LogP contribution < -0.4 is 10.1 Å². The maximum absolute atomic E-state index is 12.7. The molecule has 4 aromatic rings. The van der Waals surface area contributed by atoms with Crippen LogP contribution in [0.2, 0.25) is 0 Å². The van der Waals surface area contributed by atoms with E-state index in [4.69, 9.17) is 9.72 Å².